The summed E-state index contributed by atoms with van der Waals surface area (Å²) in [6, 6.07) is 15.1. The number of benzene rings is 2. The monoisotopic (exact) mass is 267 g/mol. The molecule has 0 aliphatic rings. The van der Waals surface area contributed by atoms with Crippen LogP contribution in [0.1, 0.15) is 11.1 Å². The number of nitrogens with one attached hydrogen (secondary N) is 2. The summed E-state index contributed by atoms with van der Waals surface area (Å²) in [6.07, 6.45) is 2.40. The molecule has 20 heavy (non-hydrogen) atoms. The Balaban J connectivity index is 1.99. The van der Waals surface area contributed by atoms with Crippen LogP contribution >= 0.6 is 0 Å². The van der Waals surface area contributed by atoms with Crippen molar-refractivity contribution in [1.29, 1.82) is 5.41 Å². The lowest BCUT2D eigenvalue weighted by atomic mass is 10.1. The van der Waals surface area contributed by atoms with Gasteiger partial charge in [-0.3, -0.25) is 0 Å². The number of aliphatic hydroxyl groups excluding tert-OH is 1. The van der Waals surface area contributed by atoms with E-state index in [2.05, 4.69) is 5.32 Å². The molecule has 0 amide bonds. The molecule has 0 atom stereocenters. The Kier molecular flexibility index (Phi) is 4.39. The highest BCUT2D eigenvalue weighted by molar-refractivity contribution is 5.79. The Hall–Kier alpha value is -2.75. The molecule has 102 valence electrons. The highest BCUT2D eigenvalue weighted by Gasteiger charge is 1.99. The first-order chi connectivity index (χ1) is 9.69. The standard InChI is InChI=1S/C16H17N3O/c17-10-9-16(20)13-3-7-15(8-4-13)19-11-12-1-5-14(18)6-2-12/h1-10,17,19-20H,11,18H2/b16-9-,17-10?. The van der Waals surface area contributed by atoms with E-state index >= 15 is 0 Å². The molecule has 0 unspecified atom stereocenters. The fourth-order valence-corrected chi connectivity index (χ4v) is 1.77. The van der Waals surface area contributed by atoms with Crippen LogP contribution in [0.3, 0.4) is 0 Å². The molecule has 4 nitrogen and oxygen atoms in total. The molecule has 0 aliphatic heterocycles. The molecular formula is C16H17N3O. The van der Waals surface area contributed by atoms with Gasteiger partial charge in [0.15, 0.2) is 0 Å². The zero-order chi connectivity index (χ0) is 14.4. The number of aliphatic hydroxyl groups is 1. The second-order valence-electron chi connectivity index (χ2n) is 4.39. The van der Waals surface area contributed by atoms with Gasteiger partial charge in [0.2, 0.25) is 0 Å². The number of nitrogens with two attached hydrogens (primary N) is 1. The van der Waals surface area contributed by atoms with E-state index in [1.165, 1.54) is 6.08 Å². The average molecular weight is 267 g/mol. The third-order valence-electron chi connectivity index (χ3n) is 2.90. The van der Waals surface area contributed by atoms with E-state index in [0.29, 0.717) is 12.1 Å². The van der Waals surface area contributed by atoms with Gasteiger partial charge in [0, 0.05) is 29.7 Å². The Bertz CT molecular complexity index is 601. The van der Waals surface area contributed by atoms with Crippen LogP contribution in [-0.4, -0.2) is 11.3 Å². The van der Waals surface area contributed by atoms with Crippen molar-refractivity contribution in [2.75, 3.05) is 11.1 Å². The summed E-state index contributed by atoms with van der Waals surface area (Å²) >= 11 is 0. The highest BCUT2D eigenvalue weighted by atomic mass is 16.3. The molecule has 0 heterocycles. The molecule has 4 heteroatoms. The molecule has 0 spiro atoms. The summed E-state index contributed by atoms with van der Waals surface area (Å²) < 4.78 is 0. The summed E-state index contributed by atoms with van der Waals surface area (Å²) in [4.78, 5) is 0. The molecule has 2 aromatic rings. The van der Waals surface area contributed by atoms with Crippen LogP contribution in [0.25, 0.3) is 5.76 Å². The van der Waals surface area contributed by atoms with Gasteiger partial charge in [0.25, 0.3) is 0 Å². The van der Waals surface area contributed by atoms with Crippen LogP contribution in [0.2, 0.25) is 0 Å². The Morgan fingerprint density at radius 2 is 1.75 bits per heavy atom. The van der Waals surface area contributed by atoms with E-state index in [9.17, 15) is 5.11 Å². The van der Waals surface area contributed by atoms with Gasteiger partial charge in [0.05, 0.1) is 0 Å². The largest absolute Gasteiger partial charge is 0.507 e. The van der Waals surface area contributed by atoms with E-state index in [1.54, 1.807) is 12.1 Å². The summed E-state index contributed by atoms with van der Waals surface area (Å²) in [5.74, 6) is 0.0880. The number of anilines is 2. The predicted molar refractivity (Wildman–Crippen MR) is 84.0 cm³/mol. The Morgan fingerprint density at radius 1 is 1.10 bits per heavy atom. The summed E-state index contributed by atoms with van der Waals surface area (Å²) in [7, 11) is 0. The third kappa shape index (κ3) is 3.62. The van der Waals surface area contributed by atoms with Gasteiger partial charge in [-0.05, 0) is 48.0 Å². The summed E-state index contributed by atoms with van der Waals surface area (Å²) in [6.45, 7) is 0.710. The van der Waals surface area contributed by atoms with Crippen molar-refractivity contribution in [2.24, 2.45) is 0 Å². The summed E-state index contributed by atoms with van der Waals surface area (Å²) in [5.41, 5.74) is 9.19. The molecule has 0 aromatic heterocycles. The summed E-state index contributed by atoms with van der Waals surface area (Å²) in [5, 5.41) is 19.8. The lowest BCUT2D eigenvalue weighted by molar-refractivity contribution is 0.512. The van der Waals surface area contributed by atoms with Crippen LogP contribution in [0.4, 0.5) is 11.4 Å². The molecule has 0 aliphatic carbocycles. The van der Waals surface area contributed by atoms with Crippen molar-refractivity contribution in [1.82, 2.24) is 0 Å². The van der Waals surface area contributed by atoms with E-state index in [-0.39, 0.29) is 5.76 Å². The number of hydrogen-bond acceptors (Lipinski definition) is 4. The minimum absolute atomic E-state index is 0.0880. The van der Waals surface area contributed by atoms with Crippen molar-refractivity contribution in [2.45, 2.75) is 6.54 Å². The lowest BCUT2D eigenvalue weighted by Crippen LogP contribution is -1.99. The number of rotatable bonds is 5. The van der Waals surface area contributed by atoms with Crippen LogP contribution < -0.4 is 11.1 Å². The second kappa shape index (κ2) is 6.43. The minimum atomic E-state index is 0.0880. The molecular weight excluding hydrogens is 250 g/mol. The zero-order valence-corrected chi connectivity index (χ0v) is 11.0. The zero-order valence-electron chi connectivity index (χ0n) is 11.0. The molecule has 0 bridgehead atoms. The fraction of sp³-hybridized carbons (Fsp3) is 0.0625. The first-order valence-electron chi connectivity index (χ1n) is 6.27. The topological polar surface area (TPSA) is 82.1 Å². The molecule has 0 fully saturated rings. The van der Waals surface area contributed by atoms with Gasteiger partial charge in [-0.1, -0.05) is 12.1 Å². The third-order valence-corrected chi connectivity index (χ3v) is 2.90. The SMILES string of the molecule is N=C/C=C(\O)c1ccc(NCc2ccc(N)cc2)cc1. The van der Waals surface area contributed by atoms with Crippen LogP contribution in [0, 0.1) is 5.41 Å². The molecule has 2 aromatic carbocycles. The van der Waals surface area contributed by atoms with Gasteiger partial charge < -0.3 is 21.6 Å². The maximum Gasteiger partial charge on any atom is 0.124 e. The van der Waals surface area contributed by atoms with Crippen LogP contribution in [0.5, 0.6) is 0 Å². The molecule has 0 radical (unpaired) electrons. The van der Waals surface area contributed by atoms with Crippen LogP contribution in [-0.2, 0) is 6.54 Å². The van der Waals surface area contributed by atoms with Gasteiger partial charge in [-0.2, -0.15) is 0 Å². The van der Waals surface area contributed by atoms with Crippen molar-refractivity contribution in [3.63, 3.8) is 0 Å². The number of allylic oxidation sites excluding steroid dienone is 1. The van der Waals surface area contributed by atoms with Gasteiger partial charge >= 0.3 is 0 Å². The molecule has 2 rings (SSSR count). The van der Waals surface area contributed by atoms with Gasteiger partial charge in [-0.25, -0.2) is 0 Å². The van der Waals surface area contributed by atoms with Gasteiger partial charge in [0.1, 0.15) is 5.76 Å². The van der Waals surface area contributed by atoms with E-state index in [1.807, 2.05) is 36.4 Å². The predicted octanol–water partition coefficient (Wildman–Crippen LogP) is 3.43. The number of nitrogen functional groups attached to an aromatic ring is 1. The lowest BCUT2D eigenvalue weighted by Gasteiger charge is -2.08. The van der Waals surface area contributed by atoms with E-state index in [0.717, 1.165) is 23.2 Å². The van der Waals surface area contributed by atoms with Crippen molar-refractivity contribution >= 4 is 23.3 Å². The molecule has 0 saturated carbocycles. The number of hydrogen-bond donors (Lipinski definition) is 4. The maximum absolute atomic E-state index is 9.62. The van der Waals surface area contributed by atoms with E-state index in [4.69, 9.17) is 11.1 Å². The van der Waals surface area contributed by atoms with Crippen molar-refractivity contribution in [3.8, 4) is 0 Å². The maximum atomic E-state index is 9.62. The van der Waals surface area contributed by atoms with E-state index < -0.39 is 0 Å². The quantitative estimate of drug-likeness (QED) is 0.380. The highest BCUT2D eigenvalue weighted by Crippen LogP contribution is 2.16. The first-order valence-corrected chi connectivity index (χ1v) is 6.27. The molecule has 0 saturated heterocycles. The van der Waals surface area contributed by atoms with Crippen molar-refractivity contribution < 1.29 is 5.11 Å². The Labute approximate surface area is 118 Å². The van der Waals surface area contributed by atoms with Crippen LogP contribution in [0.15, 0.2) is 54.6 Å². The smallest absolute Gasteiger partial charge is 0.124 e. The fourth-order valence-electron chi connectivity index (χ4n) is 1.77. The normalized spacial score (nSPS) is 11.1. The second-order valence-corrected chi connectivity index (χ2v) is 4.39. The molecule has 5 N–H and O–H groups in total. The van der Waals surface area contributed by atoms with Gasteiger partial charge in [-0.15, -0.1) is 0 Å². The average Bonchev–Trinajstić information content (AvgIpc) is 2.47. The Morgan fingerprint density at radius 3 is 2.35 bits per heavy atom. The minimum Gasteiger partial charge on any atom is -0.507 e. The first kappa shape index (κ1) is 13.7. The van der Waals surface area contributed by atoms with Crippen molar-refractivity contribution in [3.05, 3.63) is 65.7 Å².